The molecule has 3 rings (SSSR count). The quantitative estimate of drug-likeness (QED) is 0.730. The van der Waals surface area contributed by atoms with Gasteiger partial charge >= 0.3 is 0 Å². The molecule has 2 aromatic carbocycles. The summed E-state index contributed by atoms with van der Waals surface area (Å²) in [7, 11) is 0. The highest BCUT2D eigenvalue weighted by Crippen LogP contribution is 2.23. The summed E-state index contributed by atoms with van der Waals surface area (Å²) in [5, 5.41) is 9.91. The Balaban J connectivity index is 1.61. The molecular formula is C20H21N3O2. The number of aromatic amines is 1. The van der Waals surface area contributed by atoms with E-state index in [1.54, 1.807) is 0 Å². The fourth-order valence-corrected chi connectivity index (χ4v) is 2.62. The number of nitrogens with zero attached hydrogens (tertiary/aromatic N) is 1. The Labute approximate surface area is 147 Å². The Kier molecular flexibility index (Phi) is 4.84. The van der Waals surface area contributed by atoms with E-state index in [2.05, 4.69) is 15.5 Å². The molecule has 0 fully saturated rings. The van der Waals surface area contributed by atoms with Crippen molar-refractivity contribution in [2.24, 2.45) is 0 Å². The second-order valence-electron chi connectivity index (χ2n) is 6.08. The highest BCUT2D eigenvalue weighted by molar-refractivity contribution is 5.92. The molecule has 0 aliphatic carbocycles. The van der Waals surface area contributed by atoms with Gasteiger partial charge in [-0.05, 0) is 62.7 Å². The number of aromatic nitrogens is 2. The van der Waals surface area contributed by atoms with Crippen molar-refractivity contribution in [1.29, 1.82) is 0 Å². The van der Waals surface area contributed by atoms with Crippen molar-refractivity contribution in [3.05, 3.63) is 71.0 Å². The van der Waals surface area contributed by atoms with Crippen molar-refractivity contribution in [1.82, 2.24) is 10.2 Å². The first-order valence-corrected chi connectivity index (χ1v) is 8.16. The monoisotopic (exact) mass is 335 g/mol. The number of anilines is 1. The number of benzene rings is 2. The van der Waals surface area contributed by atoms with Gasteiger partial charge in [-0.15, -0.1) is 0 Å². The molecule has 0 atom stereocenters. The van der Waals surface area contributed by atoms with Gasteiger partial charge < -0.3 is 10.1 Å². The lowest BCUT2D eigenvalue weighted by Gasteiger charge is -2.09. The van der Waals surface area contributed by atoms with Crippen LogP contribution in [0.15, 0.2) is 48.5 Å². The van der Waals surface area contributed by atoms with E-state index in [0.29, 0.717) is 6.42 Å². The molecule has 3 aromatic rings. The topological polar surface area (TPSA) is 67.0 Å². The highest BCUT2D eigenvalue weighted by atomic mass is 16.5. The Morgan fingerprint density at radius 1 is 1.08 bits per heavy atom. The van der Waals surface area contributed by atoms with Crippen LogP contribution >= 0.6 is 0 Å². The number of hydrogen-bond acceptors (Lipinski definition) is 3. The predicted molar refractivity (Wildman–Crippen MR) is 98.1 cm³/mol. The number of aryl methyl sites for hydroxylation is 3. The van der Waals surface area contributed by atoms with Gasteiger partial charge in [0.1, 0.15) is 11.5 Å². The summed E-state index contributed by atoms with van der Waals surface area (Å²) < 4.78 is 5.81. The Morgan fingerprint density at radius 3 is 2.48 bits per heavy atom. The number of carbonyl (C=O) groups excluding carboxylic acids is 1. The third-order valence-corrected chi connectivity index (χ3v) is 3.98. The fraction of sp³-hybridized carbons (Fsp3) is 0.200. The van der Waals surface area contributed by atoms with Gasteiger partial charge in [0.15, 0.2) is 0 Å². The van der Waals surface area contributed by atoms with Crippen LogP contribution in [0.1, 0.15) is 22.5 Å². The van der Waals surface area contributed by atoms with Crippen LogP contribution in [0.4, 0.5) is 5.69 Å². The molecule has 1 amide bonds. The van der Waals surface area contributed by atoms with E-state index in [1.807, 2.05) is 69.3 Å². The first-order valence-electron chi connectivity index (χ1n) is 8.16. The van der Waals surface area contributed by atoms with Crippen LogP contribution in [0, 0.1) is 20.8 Å². The summed E-state index contributed by atoms with van der Waals surface area (Å²) in [6, 6.07) is 15.2. The minimum Gasteiger partial charge on any atom is -0.457 e. The first-order chi connectivity index (χ1) is 12.0. The molecular weight excluding hydrogens is 314 g/mol. The molecule has 0 aliphatic rings. The maximum Gasteiger partial charge on any atom is 0.228 e. The van der Waals surface area contributed by atoms with E-state index in [9.17, 15) is 4.79 Å². The van der Waals surface area contributed by atoms with Crippen LogP contribution in [-0.2, 0) is 11.2 Å². The van der Waals surface area contributed by atoms with E-state index in [-0.39, 0.29) is 5.91 Å². The van der Waals surface area contributed by atoms with Crippen molar-refractivity contribution < 1.29 is 9.53 Å². The Morgan fingerprint density at radius 2 is 1.84 bits per heavy atom. The molecule has 1 aromatic heterocycles. The number of rotatable bonds is 5. The average Bonchev–Trinajstić information content (AvgIpc) is 2.89. The minimum atomic E-state index is -0.0695. The number of H-pyrrole nitrogens is 1. The van der Waals surface area contributed by atoms with Gasteiger partial charge in [0.25, 0.3) is 0 Å². The smallest absolute Gasteiger partial charge is 0.228 e. The average molecular weight is 335 g/mol. The van der Waals surface area contributed by atoms with Crippen molar-refractivity contribution in [2.75, 3.05) is 5.32 Å². The van der Waals surface area contributed by atoms with Gasteiger partial charge in [0, 0.05) is 16.9 Å². The third-order valence-electron chi connectivity index (χ3n) is 3.98. The number of carbonyl (C=O) groups is 1. The van der Waals surface area contributed by atoms with Crippen molar-refractivity contribution in [3.8, 4) is 11.5 Å². The molecule has 0 radical (unpaired) electrons. The lowest BCUT2D eigenvalue weighted by molar-refractivity contribution is -0.115. The first kappa shape index (κ1) is 16.8. The van der Waals surface area contributed by atoms with Gasteiger partial charge in [-0.3, -0.25) is 9.89 Å². The maximum atomic E-state index is 12.2. The summed E-state index contributed by atoms with van der Waals surface area (Å²) in [4.78, 5) is 12.2. The number of amides is 1. The molecule has 0 aliphatic heterocycles. The van der Waals surface area contributed by atoms with Gasteiger partial charge in [-0.25, -0.2) is 0 Å². The van der Waals surface area contributed by atoms with Crippen LogP contribution in [0.25, 0.3) is 0 Å². The number of ether oxygens (including phenoxy) is 1. The molecule has 128 valence electrons. The van der Waals surface area contributed by atoms with Crippen LogP contribution in [0.5, 0.6) is 11.5 Å². The largest absolute Gasteiger partial charge is 0.457 e. The molecule has 5 heteroatoms. The van der Waals surface area contributed by atoms with Crippen LogP contribution in [0.2, 0.25) is 0 Å². The summed E-state index contributed by atoms with van der Waals surface area (Å²) >= 11 is 0. The van der Waals surface area contributed by atoms with Crippen molar-refractivity contribution >= 4 is 11.6 Å². The summed E-state index contributed by atoms with van der Waals surface area (Å²) in [6.45, 7) is 5.83. The molecule has 0 unspecified atom stereocenters. The second kappa shape index (κ2) is 7.21. The Bertz CT molecular complexity index is 863. The number of hydrogen-bond donors (Lipinski definition) is 2. The van der Waals surface area contributed by atoms with Gasteiger partial charge in [0.05, 0.1) is 12.1 Å². The molecule has 2 N–H and O–H groups in total. The Hall–Kier alpha value is -3.08. The van der Waals surface area contributed by atoms with Gasteiger partial charge in [0.2, 0.25) is 5.91 Å². The molecule has 0 saturated heterocycles. The third kappa shape index (κ3) is 4.26. The molecule has 1 heterocycles. The van der Waals surface area contributed by atoms with E-state index in [4.69, 9.17) is 4.74 Å². The zero-order valence-electron chi connectivity index (χ0n) is 14.6. The molecule has 0 bridgehead atoms. The normalized spacial score (nSPS) is 10.5. The van der Waals surface area contributed by atoms with Gasteiger partial charge in [-0.2, -0.15) is 5.10 Å². The predicted octanol–water partition coefficient (Wildman–Crippen LogP) is 4.31. The zero-order valence-corrected chi connectivity index (χ0v) is 14.6. The van der Waals surface area contributed by atoms with Crippen LogP contribution in [0.3, 0.4) is 0 Å². The van der Waals surface area contributed by atoms with Gasteiger partial charge in [-0.1, -0.05) is 12.1 Å². The van der Waals surface area contributed by atoms with E-state index in [1.165, 1.54) is 0 Å². The second-order valence-corrected chi connectivity index (χ2v) is 6.08. The lowest BCUT2D eigenvalue weighted by Crippen LogP contribution is -2.15. The SMILES string of the molecule is Cc1cccc(Oc2ccc(NC(=O)Cc3c(C)n[nH]c3C)cc2)c1. The van der Waals surface area contributed by atoms with Crippen LogP contribution in [-0.4, -0.2) is 16.1 Å². The van der Waals surface area contributed by atoms with E-state index < -0.39 is 0 Å². The number of nitrogens with one attached hydrogen (secondary N) is 2. The molecule has 0 spiro atoms. The van der Waals surface area contributed by atoms with Crippen molar-refractivity contribution in [3.63, 3.8) is 0 Å². The zero-order chi connectivity index (χ0) is 17.8. The minimum absolute atomic E-state index is 0.0695. The summed E-state index contributed by atoms with van der Waals surface area (Å²) in [5.74, 6) is 1.45. The highest BCUT2D eigenvalue weighted by Gasteiger charge is 2.11. The van der Waals surface area contributed by atoms with Crippen LogP contribution < -0.4 is 10.1 Å². The molecule has 25 heavy (non-hydrogen) atoms. The molecule has 5 nitrogen and oxygen atoms in total. The maximum absolute atomic E-state index is 12.2. The fourth-order valence-electron chi connectivity index (χ4n) is 2.62. The van der Waals surface area contributed by atoms with E-state index >= 15 is 0 Å². The van der Waals surface area contributed by atoms with Crippen molar-refractivity contribution in [2.45, 2.75) is 27.2 Å². The lowest BCUT2D eigenvalue weighted by atomic mass is 10.1. The summed E-state index contributed by atoms with van der Waals surface area (Å²) in [6.07, 6.45) is 0.301. The van der Waals surface area contributed by atoms with E-state index in [0.717, 1.165) is 39.7 Å². The standard InChI is InChI=1S/C20H21N3O2/c1-13-5-4-6-18(11-13)25-17-9-7-16(8-10-17)21-20(24)12-19-14(2)22-23-15(19)3/h4-11H,12H2,1-3H3,(H,21,24)(H,22,23). The molecule has 0 saturated carbocycles. The summed E-state index contributed by atoms with van der Waals surface area (Å²) in [5.41, 5.74) is 4.60.